The van der Waals surface area contributed by atoms with Crippen LogP contribution in [-0.4, -0.2) is 59.3 Å². The number of nitrogens with two attached hydrogens (primary N) is 1. The molecular weight excluding hydrogens is 502 g/mol. The average Bonchev–Trinajstić information content (AvgIpc) is 3.38. The first-order valence-electron chi connectivity index (χ1n) is 12.9. The van der Waals surface area contributed by atoms with Gasteiger partial charge in [-0.05, 0) is 59.9 Å². The van der Waals surface area contributed by atoms with E-state index in [-0.39, 0.29) is 10.8 Å². The fourth-order valence-corrected chi connectivity index (χ4v) is 5.42. The first-order chi connectivity index (χ1) is 18.1. The Morgan fingerprint density at radius 3 is 2.68 bits per heavy atom. The van der Waals surface area contributed by atoms with Crippen molar-refractivity contribution in [2.24, 2.45) is 5.73 Å². The maximum absolute atomic E-state index is 13.2. The van der Waals surface area contributed by atoms with Gasteiger partial charge in [-0.1, -0.05) is 6.42 Å². The molecule has 0 aromatic carbocycles. The van der Waals surface area contributed by atoms with Crippen molar-refractivity contribution in [1.82, 2.24) is 23.7 Å². The van der Waals surface area contributed by atoms with E-state index in [1.54, 1.807) is 19.5 Å². The molecule has 0 radical (unpaired) electrons. The number of ether oxygens (including phenoxy) is 2. The molecule has 0 aliphatic carbocycles. The highest BCUT2D eigenvalue weighted by molar-refractivity contribution is 7.90. The van der Waals surface area contributed by atoms with Crippen LogP contribution in [0.2, 0.25) is 0 Å². The topological polar surface area (TPSA) is 138 Å². The quantitative estimate of drug-likeness (QED) is 0.246. The molecule has 0 amide bonds. The Morgan fingerprint density at radius 1 is 1.26 bits per heavy atom. The van der Waals surface area contributed by atoms with Gasteiger partial charge in [-0.15, -0.1) is 4.31 Å². The number of pyridine rings is 1. The number of hydrogen-bond acceptors (Lipinski definition) is 9. The van der Waals surface area contributed by atoms with Gasteiger partial charge in [-0.2, -0.15) is 5.26 Å². The van der Waals surface area contributed by atoms with E-state index < -0.39 is 17.4 Å². The van der Waals surface area contributed by atoms with Gasteiger partial charge in [0.1, 0.15) is 10.5 Å². The van der Waals surface area contributed by atoms with Gasteiger partial charge in [0.15, 0.2) is 0 Å². The van der Waals surface area contributed by atoms with Gasteiger partial charge in [0.2, 0.25) is 5.65 Å². The van der Waals surface area contributed by atoms with Gasteiger partial charge < -0.3 is 24.2 Å². The summed E-state index contributed by atoms with van der Waals surface area (Å²) in [6, 6.07) is 3.39. The van der Waals surface area contributed by atoms with Gasteiger partial charge in [0.25, 0.3) is 5.88 Å². The van der Waals surface area contributed by atoms with Crippen molar-refractivity contribution in [1.29, 1.82) is 5.26 Å². The highest BCUT2D eigenvalue weighted by atomic mass is 32.2. The van der Waals surface area contributed by atoms with Crippen LogP contribution in [0.1, 0.15) is 72.0 Å². The molecule has 3 aromatic rings. The fraction of sp³-hybridized carbons (Fsp3) is 0.556. The molecular formula is C27H39N7O3S. The second kappa shape index (κ2) is 13.2. The summed E-state index contributed by atoms with van der Waals surface area (Å²) < 4.78 is 28.3. The Balaban J connectivity index is 1.88. The molecule has 0 aliphatic heterocycles. The van der Waals surface area contributed by atoms with E-state index in [0.29, 0.717) is 42.5 Å². The Morgan fingerprint density at radius 2 is 2.03 bits per heavy atom. The number of nitrogens with zero attached hydrogens (tertiary/aromatic N) is 6. The summed E-state index contributed by atoms with van der Waals surface area (Å²) in [5.41, 5.74) is 8.47. The maximum Gasteiger partial charge on any atom is 0.258 e. The molecule has 2 unspecified atom stereocenters. The lowest BCUT2D eigenvalue weighted by Gasteiger charge is -2.35. The van der Waals surface area contributed by atoms with Crippen molar-refractivity contribution in [3.8, 4) is 29.0 Å². The summed E-state index contributed by atoms with van der Waals surface area (Å²) in [6.45, 7) is 11.0. The van der Waals surface area contributed by atoms with E-state index in [9.17, 15) is 4.55 Å². The fourth-order valence-electron chi connectivity index (χ4n) is 4.09. The lowest BCUT2D eigenvalue weighted by atomic mass is 10.1. The van der Waals surface area contributed by atoms with Gasteiger partial charge in [-0.25, -0.2) is 9.97 Å². The van der Waals surface area contributed by atoms with Gasteiger partial charge in [0.05, 0.1) is 49.5 Å². The minimum Gasteiger partial charge on any atom is -0.597 e. The molecule has 206 valence electrons. The van der Waals surface area contributed by atoms with E-state index in [1.165, 1.54) is 0 Å². The van der Waals surface area contributed by atoms with Crippen LogP contribution in [0.15, 0.2) is 30.9 Å². The molecule has 2 N–H and O–H groups in total. The van der Waals surface area contributed by atoms with Crippen molar-refractivity contribution in [3.05, 3.63) is 36.5 Å². The number of methoxy groups -OCH3 is 1. The minimum absolute atomic E-state index is 0.188. The van der Waals surface area contributed by atoms with Crippen LogP contribution in [0.5, 0.6) is 11.6 Å². The Kier molecular flexibility index (Phi) is 10.3. The molecule has 0 fully saturated rings. The third-order valence-corrected chi connectivity index (χ3v) is 8.25. The van der Waals surface area contributed by atoms with Crippen LogP contribution in [-0.2, 0) is 11.4 Å². The Hall–Kier alpha value is -2.91. The Labute approximate surface area is 228 Å². The van der Waals surface area contributed by atoms with Gasteiger partial charge in [-0.3, -0.25) is 4.98 Å². The van der Waals surface area contributed by atoms with Crippen molar-refractivity contribution >= 4 is 17.0 Å². The van der Waals surface area contributed by atoms with E-state index in [2.05, 4.69) is 16.0 Å². The number of nitriles is 1. The molecule has 11 heteroatoms. The predicted molar refractivity (Wildman–Crippen MR) is 149 cm³/mol. The third kappa shape index (κ3) is 7.14. The maximum atomic E-state index is 13.2. The van der Waals surface area contributed by atoms with Crippen LogP contribution in [0, 0.1) is 11.3 Å². The number of unbranched alkanes of at least 4 members (excludes halogenated alkanes) is 2. The molecule has 0 saturated heterocycles. The van der Waals surface area contributed by atoms with E-state index >= 15 is 0 Å². The van der Waals surface area contributed by atoms with Crippen LogP contribution in [0.3, 0.4) is 0 Å². The minimum atomic E-state index is -1.20. The van der Waals surface area contributed by atoms with Crippen LogP contribution in [0.4, 0.5) is 0 Å². The summed E-state index contributed by atoms with van der Waals surface area (Å²) in [5.74, 6) is 1.01. The molecule has 3 heterocycles. The highest BCUT2D eigenvalue weighted by Crippen LogP contribution is 2.35. The molecule has 10 nitrogen and oxygen atoms in total. The van der Waals surface area contributed by atoms with Gasteiger partial charge >= 0.3 is 0 Å². The number of hydrogen-bond donors (Lipinski definition) is 1. The summed E-state index contributed by atoms with van der Waals surface area (Å²) in [4.78, 5) is 13.8. The number of rotatable bonds is 13. The van der Waals surface area contributed by atoms with Crippen LogP contribution in [0.25, 0.3) is 16.9 Å². The van der Waals surface area contributed by atoms with E-state index in [4.69, 9.17) is 25.5 Å². The summed E-state index contributed by atoms with van der Waals surface area (Å²) >= 11 is -1.20. The smallest absolute Gasteiger partial charge is 0.258 e. The number of aromatic nitrogens is 4. The van der Waals surface area contributed by atoms with Crippen LogP contribution >= 0.6 is 0 Å². The largest absolute Gasteiger partial charge is 0.597 e. The summed E-state index contributed by atoms with van der Waals surface area (Å²) in [6.07, 6.45) is 10.4. The molecule has 3 atom stereocenters. The highest BCUT2D eigenvalue weighted by Gasteiger charge is 2.36. The number of imidazole rings is 1. The monoisotopic (exact) mass is 541 g/mol. The SMILES string of the molecule is CCN([C@H](C)c1cc(-c2cn3ccnc3c(OCCCCCC(N)C#N)n2)c(OC)cn1)[S+]([O-])C(C)(C)C. The molecule has 0 spiro atoms. The normalized spacial score (nSPS) is 14.3. The standard InChI is InChI=1S/C27H39N7O3S/c1-7-34(38(35)27(3,4)5)19(2)22-15-21(24(36-6)17-31-22)23-18-33-13-12-30-25(33)26(32-23)37-14-10-8-9-11-20(29)16-28/h12-13,15,17-20H,7-11,14,29H2,1-6H3/t19-,20?,38?/m1/s1. The molecule has 3 aromatic heterocycles. The van der Waals surface area contributed by atoms with Crippen molar-refractivity contribution < 1.29 is 14.0 Å². The summed E-state index contributed by atoms with van der Waals surface area (Å²) in [5, 5.41) is 8.82. The Bertz CT molecular complexity index is 1240. The summed E-state index contributed by atoms with van der Waals surface area (Å²) in [7, 11) is 1.60. The molecule has 0 bridgehead atoms. The zero-order valence-electron chi connectivity index (χ0n) is 23.2. The van der Waals surface area contributed by atoms with E-state index in [0.717, 1.165) is 30.5 Å². The molecule has 0 aliphatic rings. The molecule has 0 saturated carbocycles. The average molecular weight is 542 g/mol. The van der Waals surface area contributed by atoms with Crippen molar-refractivity contribution in [2.75, 3.05) is 20.3 Å². The second-order valence-corrected chi connectivity index (χ2v) is 12.3. The van der Waals surface area contributed by atoms with Gasteiger partial charge in [0, 0.05) is 42.1 Å². The zero-order chi connectivity index (χ0) is 27.9. The lowest BCUT2D eigenvalue weighted by molar-refractivity contribution is 0.295. The van der Waals surface area contributed by atoms with Crippen LogP contribution < -0.4 is 15.2 Å². The van der Waals surface area contributed by atoms with Crippen molar-refractivity contribution in [3.63, 3.8) is 0 Å². The lowest BCUT2D eigenvalue weighted by Crippen LogP contribution is -2.44. The first-order valence-corrected chi connectivity index (χ1v) is 14.1. The molecule has 38 heavy (non-hydrogen) atoms. The zero-order valence-corrected chi connectivity index (χ0v) is 24.0. The van der Waals surface area contributed by atoms with E-state index in [1.807, 2.05) is 61.8 Å². The third-order valence-electron chi connectivity index (χ3n) is 6.20. The molecule has 3 rings (SSSR count). The predicted octanol–water partition coefficient (Wildman–Crippen LogP) is 4.44. The first kappa shape index (κ1) is 29.6. The van der Waals surface area contributed by atoms with Crippen molar-refractivity contribution in [2.45, 2.75) is 77.1 Å². The number of fused-ring (bicyclic) bond motifs is 1. The second-order valence-electron chi connectivity index (χ2n) is 10.1.